The number of hydrogen-bond acceptors (Lipinski definition) is 3. The summed E-state index contributed by atoms with van der Waals surface area (Å²) in [7, 11) is 0. The zero-order valence-corrected chi connectivity index (χ0v) is 11.2. The Kier molecular flexibility index (Phi) is 2.97. The van der Waals surface area contributed by atoms with Crippen LogP contribution in [-0.2, 0) is 0 Å². The van der Waals surface area contributed by atoms with Crippen LogP contribution in [0.4, 0.5) is 0 Å². The second-order valence-corrected chi connectivity index (χ2v) is 5.55. The van der Waals surface area contributed by atoms with Crippen LogP contribution in [-0.4, -0.2) is 16.1 Å². The van der Waals surface area contributed by atoms with Gasteiger partial charge in [-0.3, -0.25) is 4.98 Å². The molecule has 2 heterocycles. The molecule has 3 rings (SSSR count). The summed E-state index contributed by atoms with van der Waals surface area (Å²) in [6, 6.07) is 10.7. The first-order chi connectivity index (χ1) is 9.13. The molecule has 19 heavy (non-hydrogen) atoms. The smallest absolute Gasteiger partial charge is 0.335 e. The summed E-state index contributed by atoms with van der Waals surface area (Å²) in [6.07, 6.45) is 1.51. The van der Waals surface area contributed by atoms with Crippen molar-refractivity contribution in [2.75, 3.05) is 0 Å². The van der Waals surface area contributed by atoms with E-state index in [2.05, 4.69) is 4.98 Å². The van der Waals surface area contributed by atoms with Crippen molar-refractivity contribution in [3.05, 3.63) is 53.2 Å². The Labute approximate surface area is 118 Å². The molecule has 5 heteroatoms. The van der Waals surface area contributed by atoms with Gasteiger partial charge >= 0.3 is 5.97 Å². The van der Waals surface area contributed by atoms with Crippen LogP contribution in [0.15, 0.2) is 42.6 Å². The third-order valence-corrected chi connectivity index (χ3v) is 4.11. The number of thiophene rings is 1. The first kappa shape index (κ1) is 12.1. The van der Waals surface area contributed by atoms with Crippen LogP contribution < -0.4 is 0 Å². The number of nitrogens with zero attached hydrogens (tertiary/aromatic N) is 1. The van der Waals surface area contributed by atoms with E-state index < -0.39 is 5.97 Å². The Morgan fingerprint density at radius 1 is 1.21 bits per heavy atom. The van der Waals surface area contributed by atoms with Gasteiger partial charge in [0.15, 0.2) is 0 Å². The quantitative estimate of drug-likeness (QED) is 0.764. The summed E-state index contributed by atoms with van der Waals surface area (Å²) >= 11 is 7.52. The summed E-state index contributed by atoms with van der Waals surface area (Å²) in [5.74, 6) is -0.951. The van der Waals surface area contributed by atoms with Gasteiger partial charge in [-0.25, -0.2) is 4.79 Å². The number of carboxylic acids is 1. The molecule has 0 bridgehead atoms. The minimum atomic E-state index is -0.951. The monoisotopic (exact) mass is 289 g/mol. The van der Waals surface area contributed by atoms with Crippen molar-refractivity contribution in [1.82, 2.24) is 4.98 Å². The average molecular weight is 290 g/mol. The fourth-order valence-corrected chi connectivity index (χ4v) is 3.03. The van der Waals surface area contributed by atoms with Crippen LogP contribution in [0.1, 0.15) is 10.4 Å². The Balaban J connectivity index is 2.13. The van der Waals surface area contributed by atoms with Gasteiger partial charge in [0.25, 0.3) is 0 Å². The summed E-state index contributed by atoms with van der Waals surface area (Å²) in [4.78, 5) is 16.1. The number of aromatic carboxylic acids is 1. The zero-order chi connectivity index (χ0) is 13.4. The maximum absolute atomic E-state index is 11.0. The van der Waals surface area contributed by atoms with Crippen molar-refractivity contribution in [2.45, 2.75) is 0 Å². The van der Waals surface area contributed by atoms with Gasteiger partial charge in [0.05, 0.1) is 16.1 Å². The van der Waals surface area contributed by atoms with E-state index in [0.29, 0.717) is 10.7 Å². The standard InChI is InChI=1S/C14H8ClNO2S/c15-10-1-2-12-9(5-10)7-13(19-12)11-6-8(14(17)18)3-4-16-11/h1-7H,(H,17,18). The van der Waals surface area contributed by atoms with E-state index in [1.54, 1.807) is 17.4 Å². The highest BCUT2D eigenvalue weighted by Crippen LogP contribution is 2.34. The van der Waals surface area contributed by atoms with Crippen LogP contribution >= 0.6 is 22.9 Å². The number of rotatable bonds is 2. The fraction of sp³-hybridized carbons (Fsp3) is 0. The number of hydrogen-bond donors (Lipinski definition) is 1. The lowest BCUT2D eigenvalue weighted by Gasteiger charge is -1.97. The van der Waals surface area contributed by atoms with Crippen molar-refractivity contribution in [2.24, 2.45) is 0 Å². The average Bonchev–Trinajstić information content (AvgIpc) is 2.81. The second kappa shape index (κ2) is 4.64. The Bertz CT molecular complexity index is 782. The topological polar surface area (TPSA) is 50.2 Å². The van der Waals surface area contributed by atoms with Crippen molar-refractivity contribution < 1.29 is 9.90 Å². The predicted octanol–water partition coefficient (Wildman–Crippen LogP) is 4.31. The zero-order valence-electron chi connectivity index (χ0n) is 9.63. The van der Waals surface area contributed by atoms with E-state index in [9.17, 15) is 4.79 Å². The molecule has 2 aromatic heterocycles. The van der Waals surface area contributed by atoms with E-state index in [-0.39, 0.29) is 5.56 Å². The lowest BCUT2D eigenvalue weighted by Crippen LogP contribution is -1.96. The van der Waals surface area contributed by atoms with Crippen LogP contribution in [0, 0.1) is 0 Å². The molecule has 0 aliphatic rings. The maximum Gasteiger partial charge on any atom is 0.335 e. The molecule has 1 aromatic carbocycles. The number of benzene rings is 1. The summed E-state index contributed by atoms with van der Waals surface area (Å²) in [6.45, 7) is 0. The fourth-order valence-electron chi connectivity index (χ4n) is 1.84. The minimum Gasteiger partial charge on any atom is -0.478 e. The summed E-state index contributed by atoms with van der Waals surface area (Å²) in [5.41, 5.74) is 0.901. The molecule has 0 fully saturated rings. The number of fused-ring (bicyclic) bond motifs is 1. The van der Waals surface area contributed by atoms with Crippen LogP contribution in [0.25, 0.3) is 20.7 Å². The van der Waals surface area contributed by atoms with Gasteiger partial charge in [-0.05, 0) is 41.8 Å². The third kappa shape index (κ3) is 2.32. The van der Waals surface area contributed by atoms with Crippen LogP contribution in [0.3, 0.4) is 0 Å². The van der Waals surface area contributed by atoms with Gasteiger partial charge in [-0.2, -0.15) is 0 Å². The van der Waals surface area contributed by atoms with Crippen molar-refractivity contribution in [3.63, 3.8) is 0 Å². The molecule has 94 valence electrons. The molecule has 0 radical (unpaired) electrons. The lowest BCUT2D eigenvalue weighted by molar-refractivity contribution is 0.0697. The number of carbonyl (C=O) groups is 1. The predicted molar refractivity (Wildman–Crippen MR) is 77.0 cm³/mol. The SMILES string of the molecule is O=C(O)c1ccnc(-c2cc3cc(Cl)ccc3s2)c1. The lowest BCUT2D eigenvalue weighted by atomic mass is 10.2. The van der Waals surface area contributed by atoms with Crippen LogP contribution in [0.5, 0.6) is 0 Å². The van der Waals surface area contributed by atoms with E-state index >= 15 is 0 Å². The highest BCUT2D eigenvalue weighted by molar-refractivity contribution is 7.22. The molecule has 0 amide bonds. The maximum atomic E-state index is 11.0. The Morgan fingerprint density at radius 3 is 2.84 bits per heavy atom. The van der Waals surface area contributed by atoms with E-state index in [4.69, 9.17) is 16.7 Å². The van der Waals surface area contributed by atoms with Gasteiger partial charge in [-0.1, -0.05) is 11.6 Å². The molecule has 0 saturated heterocycles. The molecular formula is C14H8ClNO2S. The van der Waals surface area contributed by atoms with Gasteiger partial charge in [-0.15, -0.1) is 11.3 Å². The largest absolute Gasteiger partial charge is 0.478 e. The molecular weight excluding hydrogens is 282 g/mol. The van der Waals surface area contributed by atoms with Gasteiger partial charge in [0.1, 0.15) is 0 Å². The third-order valence-electron chi connectivity index (χ3n) is 2.74. The number of pyridine rings is 1. The van der Waals surface area contributed by atoms with E-state index in [1.807, 2.05) is 24.3 Å². The molecule has 0 atom stereocenters. The first-order valence-electron chi connectivity index (χ1n) is 5.52. The van der Waals surface area contributed by atoms with E-state index in [1.165, 1.54) is 12.3 Å². The van der Waals surface area contributed by atoms with Crippen LogP contribution in [0.2, 0.25) is 5.02 Å². The molecule has 0 saturated carbocycles. The normalized spacial score (nSPS) is 10.8. The molecule has 0 unspecified atom stereocenters. The van der Waals surface area contributed by atoms with Crippen molar-refractivity contribution in [3.8, 4) is 10.6 Å². The highest BCUT2D eigenvalue weighted by atomic mass is 35.5. The summed E-state index contributed by atoms with van der Waals surface area (Å²) < 4.78 is 1.10. The first-order valence-corrected chi connectivity index (χ1v) is 6.72. The van der Waals surface area contributed by atoms with Gasteiger partial charge in [0, 0.05) is 15.9 Å². The number of carboxylic acid groups (broad SMARTS) is 1. The number of halogens is 1. The molecule has 1 N–H and O–H groups in total. The Hall–Kier alpha value is -1.91. The molecule has 0 aliphatic carbocycles. The van der Waals surface area contributed by atoms with Gasteiger partial charge in [0.2, 0.25) is 0 Å². The number of aromatic nitrogens is 1. The Morgan fingerprint density at radius 2 is 2.05 bits per heavy atom. The summed E-state index contributed by atoms with van der Waals surface area (Å²) in [5, 5.41) is 10.7. The van der Waals surface area contributed by atoms with Crippen molar-refractivity contribution >= 4 is 39.0 Å². The molecule has 0 spiro atoms. The van der Waals surface area contributed by atoms with E-state index in [0.717, 1.165) is 15.0 Å². The second-order valence-electron chi connectivity index (χ2n) is 4.03. The van der Waals surface area contributed by atoms with Gasteiger partial charge < -0.3 is 5.11 Å². The minimum absolute atomic E-state index is 0.237. The highest BCUT2D eigenvalue weighted by Gasteiger charge is 2.09. The molecule has 3 aromatic rings. The molecule has 0 aliphatic heterocycles. The van der Waals surface area contributed by atoms with Crippen molar-refractivity contribution in [1.29, 1.82) is 0 Å². The molecule has 3 nitrogen and oxygen atoms in total.